The molecule has 3 fully saturated rings. The molecule has 3 rings (SSSR count). The Hall–Kier alpha value is -3.52. The molecule has 0 aromatic carbocycles. The number of phosphoric acid groups is 1. The summed E-state index contributed by atoms with van der Waals surface area (Å²) in [6.07, 6.45) is 11.2. The molecule has 0 radical (unpaired) electrons. The van der Waals surface area contributed by atoms with Crippen molar-refractivity contribution < 1.29 is 137 Å². The molecule has 2 saturated heterocycles. The van der Waals surface area contributed by atoms with Crippen molar-refractivity contribution in [2.75, 3.05) is 161 Å². The van der Waals surface area contributed by atoms with Crippen molar-refractivity contribution >= 4 is 37.5 Å². The van der Waals surface area contributed by atoms with E-state index in [1.54, 1.807) is 0 Å². The van der Waals surface area contributed by atoms with Crippen molar-refractivity contribution in [3.8, 4) is 0 Å². The summed E-state index contributed by atoms with van der Waals surface area (Å²) in [5, 5.41) is 6.03. The van der Waals surface area contributed by atoms with E-state index in [0.717, 1.165) is 66.3 Å². The molecule has 33 heteroatoms. The summed E-state index contributed by atoms with van der Waals surface area (Å²) in [5.41, 5.74) is 0. The second-order valence-electron chi connectivity index (χ2n) is 28.6. The highest BCUT2D eigenvalue weighted by Gasteiger charge is 2.64. The fourth-order valence-corrected chi connectivity index (χ4v) is 16.3. The van der Waals surface area contributed by atoms with Crippen LogP contribution >= 0.6 is 7.82 Å². The monoisotopic (exact) mass is 1620 g/mol. The van der Waals surface area contributed by atoms with Gasteiger partial charge in [-0.2, -0.15) is 0 Å². The number of hydrogen-bond acceptors (Lipinski definition) is 29. The van der Waals surface area contributed by atoms with E-state index in [9.17, 15) is 19.2 Å². The molecule has 1 aliphatic carbocycles. The van der Waals surface area contributed by atoms with Gasteiger partial charge in [0.05, 0.1) is 70.5 Å². The minimum atomic E-state index is -4.80. The standard InChI is InChI=1S/C78H144N3O29P/c1-21-23-25-27-29-31-33-34-36-38-40-42-44-46-60(82)79-54(55(91-7)45-43-41-39-37-35-32-30-28-26-24-22-2)49-106-111(87,104-20)110-74-71(100-16)69(98-14)70(99-15)73(72(74)101-17)109-78(76(86)103-19)47-56(92-8)63(67(107-78)65(96-12)58(94-10)50-88-4)80-61(83)52-105-77(75(85)102-18)48-57(93-9)64(81(3)62(84)53-90-6)68(108-77)66(97-13)59(95-11)51-89-5/h43,45,54-59,63-74H,21-42,44,46-53H2,1-20H3,(H,79,82)(H,80,83)/b45-43+/t54-,55+,56-,57-,58+,59+,63+,64+,65+,66+,67+,68+,69-,70-,71+,72+,73+,74-,77+,78-,111?/m0/s1. The number of hydrogen-bond donors (Lipinski definition) is 2. The van der Waals surface area contributed by atoms with Crippen molar-refractivity contribution in [1.82, 2.24) is 15.5 Å². The molecule has 1 unspecified atom stereocenters. The molecule has 111 heavy (non-hydrogen) atoms. The van der Waals surface area contributed by atoms with Crippen molar-refractivity contribution in [2.24, 2.45) is 0 Å². The third kappa shape index (κ3) is 31.4. The lowest BCUT2D eigenvalue weighted by molar-refractivity contribution is -0.357. The van der Waals surface area contributed by atoms with Crippen LogP contribution in [0.25, 0.3) is 0 Å². The Morgan fingerprint density at radius 3 is 1.41 bits per heavy atom. The summed E-state index contributed by atoms with van der Waals surface area (Å²) in [7, 11) is 19.5. The van der Waals surface area contributed by atoms with E-state index in [2.05, 4.69) is 24.5 Å². The van der Waals surface area contributed by atoms with Crippen LogP contribution in [0.5, 0.6) is 0 Å². The fourth-order valence-electron chi connectivity index (χ4n) is 15.2. The third-order valence-corrected chi connectivity index (χ3v) is 22.7. The highest BCUT2D eigenvalue weighted by Crippen LogP contribution is 2.53. The Balaban J connectivity index is 2.12. The van der Waals surface area contributed by atoms with E-state index in [1.165, 1.54) is 208 Å². The number of carbonyl (C=O) groups is 5. The zero-order valence-corrected chi connectivity index (χ0v) is 71.6. The van der Waals surface area contributed by atoms with Crippen LogP contribution < -0.4 is 10.6 Å². The number of allylic oxidation sites excluding steroid dienone is 1. The smallest absolute Gasteiger partial charge is 0.465 e. The van der Waals surface area contributed by atoms with Gasteiger partial charge in [-0.05, 0) is 19.3 Å². The van der Waals surface area contributed by atoms with Gasteiger partial charge >= 0.3 is 19.8 Å². The van der Waals surface area contributed by atoms with Crippen LogP contribution in [0.15, 0.2) is 12.2 Å². The lowest BCUT2D eigenvalue weighted by Crippen LogP contribution is -2.72. The van der Waals surface area contributed by atoms with Gasteiger partial charge in [0.1, 0.15) is 86.5 Å². The average molecular weight is 1620 g/mol. The largest absolute Gasteiger partial charge is 0.475 e. The predicted molar refractivity (Wildman–Crippen MR) is 411 cm³/mol. The number of methoxy groups -OCH3 is 16. The SMILES string of the molecule is CCCCCCCCCCC/C=C/[C@@H](OC)[C@H](COP(=O)(OC)O[C@H]1[C@H](OC)[C@@H](OC)[C@H](OC)[C@@H](O[C@]2(C(=O)OC)C[C@H](OC)[C@@H](NC(=O)CO[C@]3(C(=O)OC)C[C@H](OC)[C@@H](N(C)C(=O)COC)[C@H]([C@H](OC)[C@@H](COC)OC)O3)[C@H]([C@H](OC)[C@@H](COC)OC)O2)[C@H]1OC)NC(=O)CCCCCCCCCCCCCCC. The molecule has 1 saturated carbocycles. The first-order chi connectivity index (χ1) is 53.6. The lowest BCUT2D eigenvalue weighted by Gasteiger charge is -2.53. The Morgan fingerprint density at radius 2 is 0.955 bits per heavy atom. The van der Waals surface area contributed by atoms with Crippen LogP contribution in [-0.2, 0) is 137 Å². The number of rotatable bonds is 63. The van der Waals surface area contributed by atoms with E-state index < -0.39 is 179 Å². The summed E-state index contributed by atoms with van der Waals surface area (Å²) in [5.74, 6) is -8.83. The number of esters is 2. The number of likely N-dealkylation sites (N-methyl/N-ethyl adjacent to an activating group) is 1. The maximum Gasteiger partial charge on any atom is 0.475 e. The van der Waals surface area contributed by atoms with Crippen molar-refractivity contribution in [1.29, 1.82) is 0 Å². The van der Waals surface area contributed by atoms with Gasteiger partial charge in [0.25, 0.3) is 11.6 Å². The van der Waals surface area contributed by atoms with Gasteiger partial charge in [-0.3, -0.25) is 28.0 Å². The zero-order chi connectivity index (χ0) is 82.4. The predicted octanol–water partition coefficient (Wildman–Crippen LogP) is 8.73. The van der Waals surface area contributed by atoms with E-state index in [-0.39, 0.29) is 32.1 Å². The van der Waals surface area contributed by atoms with Gasteiger partial charge in [0.15, 0.2) is 0 Å². The normalized spacial score (nSPS) is 27.2. The summed E-state index contributed by atoms with van der Waals surface area (Å²) in [6.45, 7) is 2.61. The molecule has 2 aliphatic heterocycles. The zero-order valence-electron chi connectivity index (χ0n) is 70.7. The van der Waals surface area contributed by atoms with Crippen LogP contribution in [0.3, 0.4) is 0 Å². The molecule has 21 atom stereocenters. The quantitative estimate of drug-likeness (QED) is 0.0249. The number of ether oxygens (including phenoxy) is 20. The van der Waals surface area contributed by atoms with E-state index in [4.69, 9.17) is 108 Å². The molecule has 2 N–H and O–H groups in total. The third-order valence-electron chi connectivity index (χ3n) is 21.3. The molecule has 3 aliphatic rings. The van der Waals surface area contributed by atoms with Crippen LogP contribution in [0.2, 0.25) is 0 Å². The first-order valence-electron chi connectivity index (χ1n) is 39.7. The van der Waals surface area contributed by atoms with Crippen molar-refractivity contribution in [2.45, 2.75) is 302 Å². The molecule has 32 nitrogen and oxygen atoms in total. The molecule has 0 aromatic rings. The van der Waals surface area contributed by atoms with Gasteiger partial charge in [0, 0.05) is 133 Å². The number of carbonyl (C=O) groups excluding carboxylic acids is 5. The number of amides is 3. The molecule has 0 spiro atoms. The summed E-state index contributed by atoms with van der Waals surface area (Å²) >= 11 is 0. The molecule has 0 aromatic heterocycles. The van der Waals surface area contributed by atoms with Crippen LogP contribution in [0.4, 0.5) is 0 Å². The number of unbranched alkanes of at least 4 members (excludes halogenated alkanes) is 21. The maximum absolute atomic E-state index is 15.4. The highest BCUT2D eigenvalue weighted by molar-refractivity contribution is 7.48. The van der Waals surface area contributed by atoms with Gasteiger partial charge < -0.3 is 110 Å². The Bertz CT molecular complexity index is 2610. The molecular formula is C78H144N3O29P. The number of phosphoric ester groups is 1. The number of nitrogens with zero attached hydrogens (tertiary/aromatic N) is 1. The maximum atomic E-state index is 15.4. The topological polar surface area (TPSA) is 342 Å². The van der Waals surface area contributed by atoms with Crippen molar-refractivity contribution in [3.05, 3.63) is 12.2 Å². The number of nitrogens with one attached hydrogen (secondary N) is 2. The van der Waals surface area contributed by atoms with Crippen LogP contribution in [0, 0.1) is 0 Å². The molecule has 0 bridgehead atoms. The van der Waals surface area contributed by atoms with Crippen LogP contribution in [-0.4, -0.2) is 317 Å². The summed E-state index contributed by atoms with van der Waals surface area (Å²) in [4.78, 5) is 73.3. The van der Waals surface area contributed by atoms with Gasteiger partial charge in [-0.15, -0.1) is 0 Å². The molecular weight excluding hydrogens is 1470 g/mol. The molecule has 650 valence electrons. The van der Waals surface area contributed by atoms with E-state index >= 15 is 9.36 Å². The first-order valence-corrected chi connectivity index (χ1v) is 41.2. The van der Waals surface area contributed by atoms with E-state index in [1.807, 2.05) is 12.2 Å². The average Bonchev–Trinajstić information content (AvgIpc) is 0.743. The molecule has 3 amide bonds. The minimum Gasteiger partial charge on any atom is -0.465 e. The second kappa shape index (κ2) is 56.8. The lowest BCUT2D eigenvalue weighted by atomic mass is 9.83. The Kier molecular flexibility index (Phi) is 52.0. The van der Waals surface area contributed by atoms with Crippen LogP contribution in [0.1, 0.15) is 181 Å². The second-order valence-corrected chi connectivity index (χ2v) is 30.3. The van der Waals surface area contributed by atoms with Gasteiger partial charge in [0.2, 0.25) is 17.7 Å². The molecule has 2 heterocycles. The highest BCUT2D eigenvalue weighted by atomic mass is 31.2. The Morgan fingerprint density at radius 1 is 0.495 bits per heavy atom. The van der Waals surface area contributed by atoms with Crippen molar-refractivity contribution in [3.63, 3.8) is 0 Å². The Labute approximate surface area is 662 Å². The fraction of sp³-hybridized carbons (Fsp3) is 0.910. The summed E-state index contributed by atoms with van der Waals surface area (Å²) < 4.78 is 155. The van der Waals surface area contributed by atoms with Gasteiger partial charge in [-0.25, -0.2) is 14.2 Å². The van der Waals surface area contributed by atoms with E-state index in [0.29, 0.717) is 6.42 Å². The minimum absolute atomic E-state index is 0.0313. The van der Waals surface area contributed by atoms with Gasteiger partial charge in [-0.1, -0.05) is 154 Å². The summed E-state index contributed by atoms with van der Waals surface area (Å²) in [6, 6.07) is -3.23. The first kappa shape index (κ1) is 102.